The van der Waals surface area contributed by atoms with E-state index in [4.69, 9.17) is 8.94 Å². The summed E-state index contributed by atoms with van der Waals surface area (Å²) in [5.74, 6) is 6.30. The molecule has 19 rings (SSSR count). The smallest absolute Gasteiger partial charge is 0.286 e. The van der Waals surface area contributed by atoms with E-state index in [9.17, 15) is 13.2 Å². The van der Waals surface area contributed by atoms with Crippen LogP contribution in [0.1, 0.15) is 395 Å². The first-order valence-corrected chi connectivity index (χ1v) is 55.2. The van der Waals surface area contributed by atoms with E-state index in [1.807, 2.05) is 105 Å². The number of aromatic amines is 6. The highest BCUT2D eigenvalue weighted by atomic mass is 32.2. The first-order valence-electron chi connectivity index (χ1n) is 53.8. The first-order chi connectivity index (χ1) is 69.2. The molecule has 16 aromatic rings. The number of nitrogens with one attached hydrogen (secondary N) is 7. The van der Waals surface area contributed by atoms with Crippen LogP contribution < -0.4 is 10.9 Å². The van der Waals surface area contributed by atoms with Gasteiger partial charge in [-0.25, -0.2) is 34.9 Å². The number of aromatic nitrogens is 14. The number of oxazole rings is 1. The topological polar surface area (TPSA) is 300 Å². The fourth-order valence-corrected chi connectivity index (χ4v) is 19.6. The lowest BCUT2D eigenvalue weighted by Crippen LogP contribution is -2.32. The fraction of sp³-hybridized carbons (Fsp3) is 0.484. The summed E-state index contributed by atoms with van der Waals surface area (Å²) in [6.07, 6.45) is 21.8. The molecule has 0 fully saturated rings. The Morgan fingerprint density at radius 3 is 1.06 bits per heavy atom. The van der Waals surface area contributed by atoms with Gasteiger partial charge >= 0.3 is 0 Å². The number of anilines is 1. The van der Waals surface area contributed by atoms with E-state index in [-0.39, 0.29) is 75.4 Å². The van der Waals surface area contributed by atoms with E-state index in [0.29, 0.717) is 22.3 Å². The number of fused-ring (bicyclic) bond motifs is 7. The minimum absolute atomic E-state index is 0.00740. The van der Waals surface area contributed by atoms with E-state index >= 15 is 0 Å². The van der Waals surface area contributed by atoms with Crippen LogP contribution in [0.4, 0.5) is 5.69 Å². The molecule has 0 atom stereocenters. The molecular formula is C128H176N16O5S. The molecule has 2 aliphatic carbocycles. The number of amidine groups is 1. The van der Waals surface area contributed by atoms with E-state index in [2.05, 4.69) is 400 Å². The molecule has 0 amide bonds. The SMILES string of the molecule is CC.CC(C)(C)C.CC(C)(C)C1=NS(=O)(=O)c2ccccc2N1.CC(C)(C)c1nc2ccccc2c(=O)[nH]1.CC(C)(C)c1ncc(-c2ccc(C(C)(C)C)c3c2CCC3)[nH]1.CC(C)(C)c1ncc(-c2ccc(C(C)(C)C)c3c2CCCC3)[nH]1.CC(C)(C)c1ncc(-c2ccc(C(C)(C)C)c3ccccc23)[nH]1.CC(C)(C)c1ncc(-c2ccc(C(C)(C)C)c3cnoc23)[nH]1.CC(C)(C)c1ncc(-c2ccc(C(C)(C)C)c3ocnc23)[nH]1. The molecule has 3 aliphatic rings. The summed E-state index contributed by atoms with van der Waals surface area (Å²) in [5, 5.41) is 11.4. The molecule has 0 radical (unpaired) electrons. The average Bonchev–Trinajstić information content (AvgIpc) is 1.63. The van der Waals surface area contributed by atoms with Crippen molar-refractivity contribution in [2.24, 2.45) is 15.2 Å². The third-order valence-corrected chi connectivity index (χ3v) is 27.7. The molecule has 7 N–H and O–H groups in total. The van der Waals surface area contributed by atoms with Gasteiger partial charge in [0, 0.05) is 76.7 Å². The van der Waals surface area contributed by atoms with Crippen molar-refractivity contribution in [2.75, 3.05) is 5.32 Å². The molecular weight excluding hydrogens is 1870 g/mol. The van der Waals surface area contributed by atoms with Crippen molar-refractivity contribution in [1.82, 2.24) is 69.9 Å². The van der Waals surface area contributed by atoms with Crippen molar-refractivity contribution in [3.05, 3.63) is 272 Å². The Morgan fingerprint density at radius 2 is 0.633 bits per heavy atom. The maximum Gasteiger partial charge on any atom is 0.286 e. The Bertz CT molecular complexity index is 7420. The lowest BCUT2D eigenvalue weighted by atomic mass is 9.76. The number of H-pyrrole nitrogens is 6. The zero-order chi connectivity index (χ0) is 112. The molecule has 0 saturated carbocycles. The fourth-order valence-electron chi connectivity index (χ4n) is 18.3. The molecule has 0 spiro atoms. The minimum Gasteiger partial charge on any atom is -0.443 e. The summed E-state index contributed by atoms with van der Waals surface area (Å²) in [7, 11) is -3.55. The molecule has 0 saturated heterocycles. The van der Waals surface area contributed by atoms with Crippen LogP contribution >= 0.6 is 0 Å². The highest BCUT2D eigenvalue weighted by molar-refractivity contribution is 7.90. The second kappa shape index (κ2) is 44.9. The first kappa shape index (κ1) is 118. The van der Waals surface area contributed by atoms with Gasteiger partial charge in [0.2, 0.25) is 0 Å². The van der Waals surface area contributed by atoms with Crippen LogP contribution in [0.15, 0.2) is 200 Å². The normalized spacial score (nSPS) is 14.0. The van der Waals surface area contributed by atoms with Gasteiger partial charge in [0.25, 0.3) is 15.6 Å². The van der Waals surface area contributed by atoms with Crippen LogP contribution in [0.5, 0.6) is 0 Å². The Morgan fingerprint density at radius 1 is 0.293 bits per heavy atom. The molecule has 804 valence electrons. The number of imidazole rings is 5. The number of hydrogen-bond donors (Lipinski definition) is 7. The van der Waals surface area contributed by atoms with Crippen molar-refractivity contribution < 1.29 is 17.4 Å². The van der Waals surface area contributed by atoms with Crippen molar-refractivity contribution in [2.45, 2.75) is 400 Å². The molecule has 9 heterocycles. The number of rotatable bonds is 5. The van der Waals surface area contributed by atoms with Crippen LogP contribution in [0, 0.1) is 10.8 Å². The Kier molecular flexibility index (Phi) is 35.2. The lowest BCUT2D eigenvalue weighted by molar-refractivity contribution is 0.457. The van der Waals surface area contributed by atoms with Crippen molar-refractivity contribution in [1.29, 1.82) is 0 Å². The second-order valence-electron chi connectivity index (χ2n) is 54.1. The molecule has 21 nitrogen and oxygen atoms in total. The Labute approximate surface area is 896 Å². The van der Waals surface area contributed by atoms with E-state index < -0.39 is 10.0 Å². The standard InChI is InChI=1S/C21H30N2.C21H26N2.C20H28N2.2C18H23N3O.C12H14N2O.C11H14N2O2S.C5H12.C2H6/c2*1-20(2,3)17-12-11-16(14-9-7-8-10-15(14)17)18-13-22-19(23-18)21(4,5)6;1-19(2,3)16-11-10-15(13-8-7-9-14(13)16)17-12-21-18(22-17)20(4,5)6;1-17(2,3)13-8-7-11(15-12(13)9-20-22-15)14-10-19-16(21-14)18(4,5)6;1-17(2,3)12-8-7-11(14-15(12)22-10-20-14)13-9-19-16(21-13)18(4,5)6;1-12(2,3)11-13-9-7-5-4-6-8(9)10(15)14-11;1-11(2,3)10-12-8-6-4-5-7-9(8)16(14,15)13-10;1-5(2,3)4;1-2/h11-13H,7-10H2,1-6H3,(H,22,23);7-13H,1-6H3,(H,22,23);10-12H,7-9H2,1-6H3,(H,21,22);2*7-10H,1-6H3,(H,19,21);4-7H,1-3H3,(H,13,14,15);4-7H,1-3H3,(H,12,13);1-4H3;1-2H3. The van der Waals surface area contributed by atoms with Crippen molar-refractivity contribution >= 4 is 65.3 Å². The molecule has 22 heteroatoms. The van der Waals surface area contributed by atoms with Gasteiger partial charge in [-0.05, 0) is 163 Å². The Balaban J connectivity index is 0.000000165. The second-order valence-corrected chi connectivity index (χ2v) is 55.7. The number of benzene rings is 8. The lowest BCUT2D eigenvalue weighted by Gasteiger charge is -2.29. The molecule has 0 unspecified atom stereocenters. The average molecular weight is 2050 g/mol. The van der Waals surface area contributed by atoms with Crippen molar-refractivity contribution in [3.63, 3.8) is 0 Å². The van der Waals surface area contributed by atoms with Gasteiger partial charge in [0.05, 0.1) is 82.2 Å². The maximum absolute atomic E-state index is 11.9. The van der Waals surface area contributed by atoms with Crippen LogP contribution in [0.25, 0.3) is 100 Å². The summed E-state index contributed by atoms with van der Waals surface area (Å²) < 4.78 is 38.8. The number of sulfonamides is 1. The van der Waals surface area contributed by atoms with Gasteiger partial charge in [0.15, 0.2) is 17.6 Å². The monoisotopic (exact) mass is 2050 g/mol. The number of para-hydroxylation sites is 2. The predicted molar refractivity (Wildman–Crippen MR) is 630 cm³/mol. The van der Waals surface area contributed by atoms with Crippen LogP contribution in [-0.4, -0.2) is 84.2 Å². The molecule has 8 aromatic heterocycles. The molecule has 1 aliphatic heterocycles. The number of nitrogens with zero attached hydrogens (tertiary/aromatic N) is 9. The summed E-state index contributed by atoms with van der Waals surface area (Å²) in [4.78, 5) is 64.0. The highest BCUT2D eigenvalue weighted by Gasteiger charge is 2.35. The molecule has 8 aromatic carbocycles. The van der Waals surface area contributed by atoms with Gasteiger partial charge < -0.3 is 44.2 Å². The van der Waals surface area contributed by atoms with Gasteiger partial charge in [0.1, 0.15) is 51.2 Å². The van der Waals surface area contributed by atoms with Gasteiger partial charge in [-0.2, -0.15) is 8.42 Å². The largest absolute Gasteiger partial charge is 0.443 e. The summed E-state index contributed by atoms with van der Waals surface area (Å²) >= 11 is 0. The quantitative estimate of drug-likeness (QED) is 0.0843. The van der Waals surface area contributed by atoms with Gasteiger partial charge in [-0.15, -0.1) is 4.40 Å². The van der Waals surface area contributed by atoms with E-state index in [1.165, 1.54) is 124 Å². The van der Waals surface area contributed by atoms with Crippen LogP contribution in [0.3, 0.4) is 0 Å². The predicted octanol–water partition coefficient (Wildman–Crippen LogP) is 33.7. The van der Waals surface area contributed by atoms with Crippen LogP contribution in [0.2, 0.25) is 0 Å². The maximum atomic E-state index is 11.9. The number of hydrogen-bond acceptors (Lipinski definition) is 14. The van der Waals surface area contributed by atoms with Crippen molar-refractivity contribution in [3.8, 4) is 56.3 Å². The summed E-state index contributed by atoms with van der Waals surface area (Å²) in [5.41, 5.74) is 29.1. The highest BCUT2D eigenvalue weighted by Crippen LogP contribution is 2.45. The van der Waals surface area contributed by atoms with Gasteiger partial charge in [-0.3, -0.25) is 4.79 Å². The molecule has 0 bridgehead atoms. The third-order valence-electron chi connectivity index (χ3n) is 26.3. The zero-order valence-corrected chi connectivity index (χ0v) is 99.5. The summed E-state index contributed by atoms with van der Waals surface area (Å²) in [6.45, 7) is 91.0. The Hall–Kier alpha value is -12.4. The summed E-state index contributed by atoms with van der Waals surface area (Å²) in [6, 6.07) is 45.1. The minimum atomic E-state index is -3.55. The van der Waals surface area contributed by atoms with Gasteiger partial charge in [-0.1, -0.05) is 399 Å². The van der Waals surface area contributed by atoms with Crippen LogP contribution in [-0.2, 0) is 95.3 Å². The van der Waals surface area contributed by atoms with E-state index in [1.54, 1.807) is 53.2 Å². The third kappa shape index (κ3) is 29.1. The molecule has 150 heavy (non-hydrogen) atoms. The zero-order valence-electron chi connectivity index (χ0n) is 98.7. The van der Waals surface area contributed by atoms with E-state index in [0.717, 1.165) is 90.7 Å².